The van der Waals surface area contributed by atoms with Gasteiger partial charge < -0.3 is 0 Å². The Bertz CT molecular complexity index is 640. The highest BCUT2D eigenvalue weighted by Crippen LogP contribution is 2.17. The number of aromatic nitrogens is 1. The number of thioether (sulfide) groups is 1. The second-order valence-electron chi connectivity index (χ2n) is 3.41. The van der Waals surface area contributed by atoms with Gasteiger partial charge in [0.1, 0.15) is 11.6 Å². The first-order chi connectivity index (χ1) is 8.26. The summed E-state index contributed by atoms with van der Waals surface area (Å²) in [7, 11) is 0. The molecule has 4 heteroatoms. The molecule has 2 aromatic rings. The molecule has 0 amide bonds. The topological polar surface area (TPSA) is 45.8 Å². The summed E-state index contributed by atoms with van der Waals surface area (Å²) in [6.07, 6.45) is 3.65. The molecule has 17 heavy (non-hydrogen) atoms. The molecule has 0 N–H and O–H groups in total. The van der Waals surface area contributed by atoms with Crippen molar-refractivity contribution >= 4 is 11.8 Å². The van der Waals surface area contributed by atoms with Gasteiger partial charge in [-0.25, -0.2) is 0 Å². The average Bonchev–Trinajstić information content (AvgIpc) is 2.39. The zero-order valence-electron chi connectivity index (χ0n) is 9.25. The number of benzene rings is 1. The van der Waals surface area contributed by atoms with Gasteiger partial charge in [-0.15, -0.1) is 11.8 Å². The SMILES string of the molecule is CSc1cccc(-n2cccc(C#N)c2=O)c1. The van der Waals surface area contributed by atoms with Crippen LogP contribution in [0.5, 0.6) is 0 Å². The first-order valence-corrected chi connectivity index (χ1v) is 6.25. The van der Waals surface area contributed by atoms with Gasteiger partial charge in [-0.05, 0) is 36.6 Å². The third-order valence-electron chi connectivity index (χ3n) is 2.40. The maximum Gasteiger partial charge on any atom is 0.272 e. The van der Waals surface area contributed by atoms with Gasteiger partial charge in [0, 0.05) is 16.8 Å². The summed E-state index contributed by atoms with van der Waals surface area (Å²) < 4.78 is 1.48. The van der Waals surface area contributed by atoms with E-state index in [1.807, 2.05) is 36.6 Å². The normalized spacial score (nSPS) is 9.88. The number of nitrogens with zero attached hydrogens (tertiary/aromatic N) is 2. The molecule has 0 aliphatic heterocycles. The minimum absolute atomic E-state index is 0.155. The minimum atomic E-state index is -0.284. The number of nitriles is 1. The lowest BCUT2D eigenvalue weighted by Gasteiger charge is -2.06. The van der Waals surface area contributed by atoms with Crippen molar-refractivity contribution in [1.82, 2.24) is 4.57 Å². The Morgan fingerprint density at radius 1 is 1.29 bits per heavy atom. The molecular weight excluding hydrogens is 232 g/mol. The molecule has 0 fully saturated rings. The molecule has 0 saturated heterocycles. The van der Waals surface area contributed by atoms with Gasteiger partial charge >= 0.3 is 0 Å². The van der Waals surface area contributed by atoms with Gasteiger partial charge in [0.25, 0.3) is 5.56 Å². The standard InChI is InChI=1S/C13H10N2OS/c1-17-12-6-2-5-11(8-12)15-7-3-4-10(9-14)13(15)16/h2-8H,1H3. The second-order valence-corrected chi connectivity index (χ2v) is 4.29. The van der Waals surface area contributed by atoms with Crippen molar-refractivity contribution in [2.75, 3.05) is 6.26 Å². The lowest BCUT2D eigenvalue weighted by molar-refractivity contribution is 0.977. The molecule has 0 atom stereocenters. The summed E-state index contributed by atoms with van der Waals surface area (Å²) in [6, 6.07) is 12.8. The van der Waals surface area contributed by atoms with Crippen LogP contribution in [-0.2, 0) is 0 Å². The monoisotopic (exact) mass is 242 g/mol. The highest BCUT2D eigenvalue weighted by Gasteiger charge is 2.04. The molecule has 0 spiro atoms. The van der Waals surface area contributed by atoms with E-state index in [0.29, 0.717) is 0 Å². The van der Waals surface area contributed by atoms with E-state index in [4.69, 9.17) is 5.26 Å². The minimum Gasteiger partial charge on any atom is -0.283 e. The molecular formula is C13H10N2OS. The Morgan fingerprint density at radius 3 is 2.82 bits per heavy atom. The first-order valence-electron chi connectivity index (χ1n) is 5.02. The van der Waals surface area contributed by atoms with Crippen LogP contribution in [0.25, 0.3) is 5.69 Å². The second kappa shape index (κ2) is 4.89. The first kappa shape index (κ1) is 11.5. The molecule has 1 aromatic heterocycles. The molecule has 0 saturated carbocycles. The third-order valence-corrected chi connectivity index (χ3v) is 3.12. The third kappa shape index (κ3) is 2.24. The van der Waals surface area contributed by atoms with Crippen molar-refractivity contribution in [1.29, 1.82) is 5.26 Å². The Labute approximate surface area is 103 Å². The molecule has 0 radical (unpaired) electrons. The number of rotatable bonds is 2. The van der Waals surface area contributed by atoms with Gasteiger partial charge in [-0.1, -0.05) is 6.07 Å². The average molecular weight is 242 g/mol. The van der Waals surface area contributed by atoms with E-state index >= 15 is 0 Å². The van der Waals surface area contributed by atoms with E-state index in [-0.39, 0.29) is 11.1 Å². The maximum absolute atomic E-state index is 11.9. The fourth-order valence-corrected chi connectivity index (χ4v) is 2.00. The molecule has 1 heterocycles. The van der Waals surface area contributed by atoms with Crippen molar-refractivity contribution < 1.29 is 0 Å². The number of pyridine rings is 1. The Morgan fingerprint density at radius 2 is 2.12 bits per heavy atom. The van der Waals surface area contributed by atoms with Crippen LogP contribution in [0.15, 0.2) is 52.3 Å². The molecule has 84 valence electrons. The van der Waals surface area contributed by atoms with E-state index in [2.05, 4.69) is 0 Å². The molecule has 0 bridgehead atoms. The van der Waals surface area contributed by atoms with Crippen LogP contribution in [0, 0.1) is 11.3 Å². The molecule has 2 rings (SSSR count). The van der Waals surface area contributed by atoms with Crippen LogP contribution in [0.3, 0.4) is 0 Å². The van der Waals surface area contributed by atoms with Crippen molar-refractivity contribution in [3.63, 3.8) is 0 Å². The van der Waals surface area contributed by atoms with Crippen LogP contribution in [0.1, 0.15) is 5.56 Å². The predicted octanol–water partition coefficient (Wildman–Crippen LogP) is 2.43. The Hall–Kier alpha value is -1.99. The summed E-state index contributed by atoms with van der Waals surface area (Å²) >= 11 is 1.61. The largest absolute Gasteiger partial charge is 0.283 e. The maximum atomic E-state index is 11.9. The lowest BCUT2D eigenvalue weighted by atomic mass is 10.2. The summed E-state index contributed by atoms with van der Waals surface area (Å²) in [5, 5.41) is 8.82. The van der Waals surface area contributed by atoms with Crippen LogP contribution >= 0.6 is 11.8 Å². The molecule has 0 aliphatic rings. The van der Waals surface area contributed by atoms with Crippen LogP contribution < -0.4 is 5.56 Å². The Balaban J connectivity index is 2.61. The zero-order chi connectivity index (χ0) is 12.3. The van der Waals surface area contributed by atoms with Crippen molar-refractivity contribution in [2.24, 2.45) is 0 Å². The fourth-order valence-electron chi connectivity index (χ4n) is 1.54. The molecule has 0 unspecified atom stereocenters. The van der Waals surface area contributed by atoms with Crippen molar-refractivity contribution in [3.05, 3.63) is 58.5 Å². The highest BCUT2D eigenvalue weighted by molar-refractivity contribution is 7.98. The summed E-state index contributed by atoms with van der Waals surface area (Å²) in [4.78, 5) is 13.0. The van der Waals surface area contributed by atoms with Crippen molar-refractivity contribution in [3.8, 4) is 11.8 Å². The predicted molar refractivity (Wildman–Crippen MR) is 68.5 cm³/mol. The highest BCUT2D eigenvalue weighted by atomic mass is 32.2. The van der Waals surface area contributed by atoms with Gasteiger partial charge in [-0.3, -0.25) is 9.36 Å². The van der Waals surface area contributed by atoms with Crippen molar-refractivity contribution in [2.45, 2.75) is 4.90 Å². The van der Waals surface area contributed by atoms with Crippen LogP contribution in [0.4, 0.5) is 0 Å². The zero-order valence-corrected chi connectivity index (χ0v) is 10.1. The quantitative estimate of drug-likeness (QED) is 0.760. The van der Waals surface area contributed by atoms with Gasteiger partial charge in [0.2, 0.25) is 0 Å². The van der Waals surface area contributed by atoms with E-state index in [1.165, 1.54) is 10.6 Å². The van der Waals surface area contributed by atoms with Crippen LogP contribution in [-0.4, -0.2) is 10.8 Å². The summed E-state index contributed by atoms with van der Waals surface area (Å²) in [6.45, 7) is 0. The fraction of sp³-hybridized carbons (Fsp3) is 0.0769. The van der Waals surface area contributed by atoms with E-state index < -0.39 is 0 Å². The Kier molecular flexibility index (Phi) is 3.31. The lowest BCUT2D eigenvalue weighted by Crippen LogP contribution is -2.19. The smallest absolute Gasteiger partial charge is 0.272 e. The summed E-state index contributed by atoms with van der Waals surface area (Å²) in [5.41, 5.74) is 0.647. The number of hydrogen-bond donors (Lipinski definition) is 0. The van der Waals surface area contributed by atoms with Gasteiger partial charge in [0.15, 0.2) is 0 Å². The van der Waals surface area contributed by atoms with Gasteiger partial charge in [-0.2, -0.15) is 5.26 Å². The number of hydrogen-bond acceptors (Lipinski definition) is 3. The van der Waals surface area contributed by atoms with Gasteiger partial charge in [0.05, 0.1) is 0 Å². The van der Waals surface area contributed by atoms with E-state index in [1.54, 1.807) is 24.0 Å². The van der Waals surface area contributed by atoms with E-state index in [9.17, 15) is 4.79 Å². The summed E-state index contributed by atoms with van der Waals surface area (Å²) in [5.74, 6) is 0. The molecule has 3 nitrogen and oxygen atoms in total. The van der Waals surface area contributed by atoms with E-state index in [0.717, 1.165) is 10.6 Å². The van der Waals surface area contributed by atoms with Crippen LogP contribution in [0.2, 0.25) is 0 Å². The molecule has 1 aromatic carbocycles. The molecule has 0 aliphatic carbocycles.